The lowest BCUT2D eigenvalue weighted by atomic mass is 10.3. The molecule has 0 saturated carbocycles. The van der Waals surface area contributed by atoms with Crippen molar-refractivity contribution in [1.82, 2.24) is 9.97 Å². The van der Waals surface area contributed by atoms with Crippen molar-refractivity contribution >= 4 is 27.7 Å². The van der Waals surface area contributed by atoms with Crippen molar-refractivity contribution in [3.8, 4) is 0 Å². The van der Waals surface area contributed by atoms with Crippen molar-refractivity contribution in [2.45, 2.75) is 16.5 Å². The summed E-state index contributed by atoms with van der Waals surface area (Å²) in [6.45, 7) is 0.444. The van der Waals surface area contributed by atoms with E-state index >= 15 is 0 Å². The highest BCUT2D eigenvalue weighted by Crippen LogP contribution is 2.28. The second-order valence-electron chi connectivity index (χ2n) is 3.07. The smallest absolute Gasteiger partial charge is 0.101 e. The van der Waals surface area contributed by atoms with Crippen LogP contribution in [0.15, 0.2) is 51.1 Å². The molecule has 0 amide bonds. The standard InChI is InChI=1S/C11H10BrN3S/c12-8-3-4-11(15-7-8)16-10-2-1-5-14-9(10)6-13/h1-5,7H,6,13H2. The van der Waals surface area contributed by atoms with Gasteiger partial charge in [0, 0.05) is 28.3 Å². The van der Waals surface area contributed by atoms with E-state index in [0.29, 0.717) is 6.54 Å². The molecule has 16 heavy (non-hydrogen) atoms. The second kappa shape index (κ2) is 5.43. The third-order valence-electron chi connectivity index (χ3n) is 1.96. The maximum Gasteiger partial charge on any atom is 0.101 e. The van der Waals surface area contributed by atoms with Gasteiger partial charge in [-0.15, -0.1) is 0 Å². The van der Waals surface area contributed by atoms with Crippen LogP contribution in [0.4, 0.5) is 0 Å². The summed E-state index contributed by atoms with van der Waals surface area (Å²) in [6, 6.07) is 7.83. The number of halogens is 1. The third-order valence-corrected chi connectivity index (χ3v) is 3.47. The molecule has 3 nitrogen and oxygen atoms in total. The summed E-state index contributed by atoms with van der Waals surface area (Å²) in [5.41, 5.74) is 6.52. The maximum atomic E-state index is 5.62. The van der Waals surface area contributed by atoms with Gasteiger partial charge in [0.1, 0.15) is 5.03 Å². The molecule has 0 saturated heterocycles. The lowest BCUT2D eigenvalue weighted by Gasteiger charge is -2.05. The van der Waals surface area contributed by atoms with Crippen LogP contribution < -0.4 is 5.73 Å². The highest BCUT2D eigenvalue weighted by molar-refractivity contribution is 9.10. The van der Waals surface area contributed by atoms with E-state index in [1.807, 2.05) is 24.3 Å². The van der Waals surface area contributed by atoms with Gasteiger partial charge < -0.3 is 5.73 Å². The minimum atomic E-state index is 0.444. The molecule has 2 N–H and O–H groups in total. The van der Waals surface area contributed by atoms with Crippen molar-refractivity contribution in [2.24, 2.45) is 5.73 Å². The molecule has 0 unspecified atom stereocenters. The summed E-state index contributed by atoms with van der Waals surface area (Å²) < 4.78 is 0.974. The molecular formula is C11H10BrN3S. The van der Waals surface area contributed by atoms with Crippen LogP contribution in [0, 0.1) is 0 Å². The Kier molecular flexibility index (Phi) is 3.93. The molecule has 0 aliphatic rings. The van der Waals surface area contributed by atoms with Crippen LogP contribution >= 0.6 is 27.7 Å². The van der Waals surface area contributed by atoms with Gasteiger partial charge in [0.25, 0.3) is 0 Å². The second-order valence-corrected chi connectivity index (χ2v) is 5.05. The van der Waals surface area contributed by atoms with Gasteiger partial charge in [0.05, 0.1) is 5.69 Å². The first-order valence-corrected chi connectivity index (χ1v) is 6.34. The highest BCUT2D eigenvalue weighted by Gasteiger charge is 2.04. The minimum absolute atomic E-state index is 0.444. The average Bonchev–Trinajstić information content (AvgIpc) is 2.33. The van der Waals surface area contributed by atoms with Crippen molar-refractivity contribution in [2.75, 3.05) is 0 Å². The Balaban J connectivity index is 2.23. The average molecular weight is 296 g/mol. The van der Waals surface area contributed by atoms with Crippen LogP contribution in [0.1, 0.15) is 5.69 Å². The molecule has 0 spiro atoms. The molecule has 5 heteroatoms. The molecule has 0 radical (unpaired) electrons. The van der Waals surface area contributed by atoms with E-state index in [9.17, 15) is 0 Å². The molecule has 2 aromatic rings. The van der Waals surface area contributed by atoms with Gasteiger partial charge in [0.15, 0.2) is 0 Å². The minimum Gasteiger partial charge on any atom is -0.325 e. The molecular weight excluding hydrogens is 286 g/mol. The Hall–Kier alpha value is -0.910. The van der Waals surface area contributed by atoms with Crippen LogP contribution in [0.5, 0.6) is 0 Å². The lowest BCUT2D eigenvalue weighted by molar-refractivity contribution is 0.942. The molecule has 0 aliphatic carbocycles. The normalized spacial score (nSPS) is 10.4. The van der Waals surface area contributed by atoms with Gasteiger partial charge in [-0.25, -0.2) is 4.98 Å². The number of nitrogens with zero attached hydrogens (tertiary/aromatic N) is 2. The number of pyridine rings is 2. The fraction of sp³-hybridized carbons (Fsp3) is 0.0909. The Morgan fingerprint density at radius 1 is 1.25 bits per heavy atom. The summed E-state index contributed by atoms with van der Waals surface area (Å²) in [5, 5.41) is 0.936. The van der Waals surface area contributed by atoms with E-state index in [1.54, 1.807) is 24.2 Å². The molecule has 0 aromatic carbocycles. The predicted octanol–water partition coefficient (Wildman–Crippen LogP) is 2.85. The number of hydrogen-bond donors (Lipinski definition) is 1. The molecule has 0 bridgehead atoms. The molecule has 0 fully saturated rings. The first-order valence-electron chi connectivity index (χ1n) is 4.73. The molecule has 2 aromatic heterocycles. The monoisotopic (exact) mass is 295 g/mol. The van der Waals surface area contributed by atoms with Gasteiger partial charge in [-0.3, -0.25) is 4.98 Å². The quantitative estimate of drug-likeness (QED) is 0.946. The van der Waals surface area contributed by atoms with E-state index in [2.05, 4.69) is 25.9 Å². The number of nitrogens with two attached hydrogens (primary N) is 1. The first-order chi connectivity index (χ1) is 7.79. The first kappa shape index (κ1) is 11.6. The lowest BCUT2D eigenvalue weighted by Crippen LogP contribution is -2.00. The largest absolute Gasteiger partial charge is 0.325 e. The molecule has 82 valence electrons. The van der Waals surface area contributed by atoms with Gasteiger partial charge in [0.2, 0.25) is 0 Å². The van der Waals surface area contributed by atoms with Crippen molar-refractivity contribution in [3.63, 3.8) is 0 Å². The molecule has 2 rings (SSSR count). The third kappa shape index (κ3) is 2.81. The van der Waals surface area contributed by atoms with Crippen molar-refractivity contribution < 1.29 is 0 Å². The van der Waals surface area contributed by atoms with Crippen LogP contribution in [0.3, 0.4) is 0 Å². The zero-order valence-corrected chi connectivity index (χ0v) is 10.8. The number of rotatable bonds is 3. The summed E-state index contributed by atoms with van der Waals surface area (Å²) in [6.07, 6.45) is 3.53. The summed E-state index contributed by atoms with van der Waals surface area (Å²) in [4.78, 5) is 9.58. The van der Waals surface area contributed by atoms with Gasteiger partial charge in [-0.2, -0.15) is 0 Å². The Morgan fingerprint density at radius 2 is 2.12 bits per heavy atom. The Labute approximate surface area is 107 Å². The Morgan fingerprint density at radius 3 is 2.81 bits per heavy atom. The van der Waals surface area contributed by atoms with E-state index in [0.717, 1.165) is 20.1 Å². The fourth-order valence-electron chi connectivity index (χ4n) is 1.20. The van der Waals surface area contributed by atoms with Crippen molar-refractivity contribution in [3.05, 3.63) is 46.8 Å². The van der Waals surface area contributed by atoms with E-state index in [1.165, 1.54) is 0 Å². The number of aromatic nitrogens is 2. The van der Waals surface area contributed by atoms with Gasteiger partial charge in [-0.1, -0.05) is 11.8 Å². The molecule has 2 heterocycles. The summed E-state index contributed by atoms with van der Waals surface area (Å²) in [5.74, 6) is 0. The van der Waals surface area contributed by atoms with Crippen LogP contribution in [-0.2, 0) is 6.54 Å². The van der Waals surface area contributed by atoms with Crippen LogP contribution in [0.25, 0.3) is 0 Å². The van der Waals surface area contributed by atoms with Crippen LogP contribution in [-0.4, -0.2) is 9.97 Å². The molecule has 0 atom stereocenters. The fourth-order valence-corrected chi connectivity index (χ4v) is 2.31. The zero-order chi connectivity index (χ0) is 11.4. The summed E-state index contributed by atoms with van der Waals surface area (Å²) in [7, 11) is 0. The van der Waals surface area contributed by atoms with Gasteiger partial charge >= 0.3 is 0 Å². The van der Waals surface area contributed by atoms with Crippen molar-refractivity contribution in [1.29, 1.82) is 0 Å². The summed E-state index contributed by atoms with van der Waals surface area (Å²) >= 11 is 4.93. The maximum absolute atomic E-state index is 5.62. The zero-order valence-electron chi connectivity index (χ0n) is 8.43. The van der Waals surface area contributed by atoms with Gasteiger partial charge in [-0.05, 0) is 40.2 Å². The molecule has 0 aliphatic heterocycles. The highest BCUT2D eigenvalue weighted by atomic mass is 79.9. The SMILES string of the molecule is NCc1ncccc1Sc1ccc(Br)cn1. The predicted molar refractivity (Wildman–Crippen MR) is 68.2 cm³/mol. The van der Waals surface area contributed by atoms with E-state index in [-0.39, 0.29) is 0 Å². The Bertz CT molecular complexity index is 473. The topological polar surface area (TPSA) is 51.8 Å². The van der Waals surface area contributed by atoms with E-state index < -0.39 is 0 Å². The van der Waals surface area contributed by atoms with E-state index in [4.69, 9.17) is 5.73 Å². The number of hydrogen-bond acceptors (Lipinski definition) is 4. The van der Waals surface area contributed by atoms with Crippen LogP contribution in [0.2, 0.25) is 0 Å².